The highest BCUT2D eigenvalue weighted by Gasteiger charge is 2.29. The lowest BCUT2D eigenvalue weighted by Gasteiger charge is -2.30. The molecule has 4 heterocycles. The number of fused-ring (bicyclic) bond motifs is 1. The summed E-state index contributed by atoms with van der Waals surface area (Å²) in [5.41, 5.74) is 1.94. The Morgan fingerprint density at radius 3 is 2.90 bits per heavy atom. The lowest BCUT2D eigenvalue weighted by molar-refractivity contribution is -0.134. The standard InChI is InChI=1S/C21H23N3O2S3/c1-3-5-15(21(26)24-9-7-16-14(12-24)8-11-28-16)23-19(25)18-13(2)22-20(29-18)17-6-4-10-27-17/h4,6,8,10-11,15H,3,5,7,9,12H2,1-2H3,(H,23,25). The van der Waals surface area contributed by atoms with Crippen LogP contribution in [0.15, 0.2) is 29.0 Å². The van der Waals surface area contributed by atoms with Crippen LogP contribution >= 0.6 is 34.0 Å². The molecule has 0 aromatic carbocycles. The van der Waals surface area contributed by atoms with Gasteiger partial charge in [0.05, 0.1) is 10.6 Å². The van der Waals surface area contributed by atoms with Gasteiger partial charge in [0, 0.05) is 18.0 Å². The van der Waals surface area contributed by atoms with Crippen molar-refractivity contribution in [2.45, 2.75) is 45.7 Å². The number of nitrogens with one attached hydrogen (secondary N) is 1. The molecule has 1 unspecified atom stereocenters. The van der Waals surface area contributed by atoms with E-state index in [-0.39, 0.29) is 11.8 Å². The molecular weight excluding hydrogens is 422 g/mol. The summed E-state index contributed by atoms with van der Waals surface area (Å²) in [5.74, 6) is -0.194. The number of hydrogen-bond donors (Lipinski definition) is 1. The maximum Gasteiger partial charge on any atom is 0.263 e. The Balaban J connectivity index is 1.48. The summed E-state index contributed by atoms with van der Waals surface area (Å²) in [6, 6.07) is 5.58. The number of carbonyl (C=O) groups is 2. The first-order chi connectivity index (χ1) is 14.1. The highest BCUT2D eigenvalue weighted by molar-refractivity contribution is 7.22. The number of aryl methyl sites for hydroxylation is 1. The largest absolute Gasteiger partial charge is 0.339 e. The molecule has 152 valence electrons. The van der Waals surface area contributed by atoms with E-state index in [0.717, 1.165) is 22.7 Å². The third-order valence-electron chi connectivity index (χ3n) is 5.03. The molecule has 29 heavy (non-hydrogen) atoms. The van der Waals surface area contributed by atoms with Crippen molar-refractivity contribution >= 4 is 45.8 Å². The maximum atomic E-state index is 13.2. The number of aromatic nitrogens is 1. The van der Waals surface area contributed by atoms with Crippen LogP contribution in [-0.4, -0.2) is 34.3 Å². The molecule has 4 rings (SSSR count). The summed E-state index contributed by atoms with van der Waals surface area (Å²) in [4.78, 5) is 35.6. The molecule has 2 amide bonds. The normalized spacial score (nSPS) is 14.5. The Labute approximate surface area is 182 Å². The van der Waals surface area contributed by atoms with Crippen LogP contribution in [0, 0.1) is 6.92 Å². The van der Waals surface area contributed by atoms with Crippen LogP contribution in [0.5, 0.6) is 0 Å². The van der Waals surface area contributed by atoms with Crippen LogP contribution in [0.3, 0.4) is 0 Å². The van der Waals surface area contributed by atoms with Gasteiger partial charge in [-0.15, -0.1) is 34.0 Å². The van der Waals surface area contributed by atoms with Crippen molar-refractivity contribution in [3.05, 3.63) is 50.0 Å². The first-order valence-corrected chi connectivity index (χ1v) is 12.3. The Morgan fingerprint density at radius 1 is 1.28 bits per heavy atom. The van der Waals surface area contributed by atoms with Gasteiger partial charge in [0.2, 0.25) is 5.91 Å². The minimum atomic E-state index is -0.501. The summed E-state index contributed by atoms with van der Waals surface area (Å²) >= 11 is 4.75. The second kappa shape index (κ2) is 8.77. The van der Waals surface area contributed by atoms with Crippen LogP contribution in [0.1, 0.15) is 45.6 Å². The minimum absolute atomic E-state index is 0.0118. The average molecular weight is 446 g/mol. The van der Waals surface area contributed by atoms with Gasteiger partial charge in [-0.25, -0.2) is 4.98 Å². The van der Waals surface area contributed by atoms with E-state index in [1.807, 2.05) is 36.3 Å². The van der Waals surface area contributed by atoms with Gasteiger partial charge in [0.25, 0.3) is 5.91 Å². The summed E-state index contributed by atoms with van der Waals surface area (Å²) in [5, 5.41) is 7.93. The number of rotatable bonds is 6. The number of amides is 2. The van der Waals surface area contributed by atoms with Gasteiger partial charge >= 0.3 is 0 Å². The Bertz CT molecular complexity index is 1010. The third kappa shape index (κ3) is 4.29. The third-order valence-corrected chi connectivity index (χ3v) is 8.25. The fourth-order valence-corrected chi connectivity index (χ4v) is 6.20. The first kappa shape index (κ1) is 20.3. The molecule has 0 spiro atoms. The molecule has 0 saturated carbocycles. The molecule has 1 atom stereocenters. The van der Waals surface area contributed by atoms with E-state index in [4.69, 9.17) is 0 Å². The van der Waals surface area contributed by atoms with E-state index in [1.165, 1.54) is 21.8 Å². The minimum Gasteiger partial charge on any atom is -0.339 e. The Hall–Kier alpha value is -2.03. The van der Waals surface area contributed by atoms with Crippen LogP contribution in [0.25, 0.3) is 9.88 Å². The van der Waals surface area contributed by atoms with E-state index >= 15 is 0 Å². The lowest BCUT2D eigenvalue weighted by Crippen LogP contribution is -2.49. The van der Waals surface area contributed by atoms with E-state index < -0.39 is 6.04 Å². The molecule has 8 heteroatoms. The summed E-state index contributed by atoms with van der Waals surface area (Å²) in [6.07, 6.45) is 2.35. The zero-order valence-electron chi connectivity index (χ0n) is 16.4. The predicted octanol–water partition coefficient (Wildman–Crippen LogP) is 4.72. The zero-order chi connectivity index (χ0) is 20.4. The quantitative estimate of drug-likeness (QED) is 0.597. The van der Waals surface area contributed by atoms with E-state index in [9.17, 15) is 9.59 Å². The van der Waals surface area contributed by atoms with E-state index in [2.05, 4.69) is 21.7 Å². The monoisotopic (exact) mass is 445 g/mol. The van der Waals surface area contributed by atoms with Gasteiger partial charge in [-0.1, -0.05) is 19.4 Å². The molecule has 5 nitrogen and oxygen atoms in total. The van der Waals surface area contributed by atoms with Crippen molar-refractivity contribution < 1.29 is 9.59 Å². The number of nitrogens with zero attached hydrogens (tertiary/aromatic N) is 2. The van der Waals surface area contributed by atoms with E-state index in [1.54, 1.807) is 22.7 Å². The fourth-order valence-electron chi connectivity index (χ4n) is 3.54. The van der Waals surface area contributed by atoms with Crippen LogP contribution in [-0.2, 0) is 17.8 Å². The first-order valence-electron chi connectivity index (χ1n) is 9.73. The van der Waals surface area contributed by atoms with Crippen molar-refractivity contribution in [2.75, 3.05) is 6.54 Å². The Morgan fingerprint density at radius 2 is 2.14 bits per heavy atom. The van der Waals surface area contributed by atoms with Crippen molar-refractivity contribution in [1.82, 2.24) is 15.2 Å². The number of thiazole rings is 1. The van der Waals surface area contributed by atoms with E-state index in [0.29, 0.717) is 30.1 Å². The molecule has 3 aromatic heterocycles. The van der Waals surface area contributed by atoms with Gasteiger partial charge < -0.3 is 10.2 Å². The van der Waals surface area contributed by atoms with Gasteiger partial charge in [0.15, 0.2) is 0 Å². The predicted molar refractivity (Wildman–Crippen MR) is 120 cm³/mol. The van der Waals surface area contributed by atoms with Crippen molar-refractivity contribution in [3.8, 4) is 9.88 Å². The molecule has 0 bridgehead atoms. The van der Waals surface area contributed by atoms with Crippen molar-refractivity contribution in [1.29, 1.82) is 0 Å². The van der Waals surface area contributed by atoms with Gasteiger partial charge in [-0.3, -0.25) is 9.59 Å². The van der Waals surface area contributed by atoms with Crippen LogP contribution in [0.4, 0.5) is 0 Å². The second-order valence-electron chi connectivity index (χ2n) is 7.10. The maximum absolute atomic E-state index is 13.2. The number of thiophene rings is 2. The number of hydrogen-bond acceptors (Lipinski definition) is 6. The highest BCUT2D eigenvalue weighted by Crippen LogP contribution is 2.31. The lowest BCUT2D eigenvalue weighted by atomic mass is 10.1. The van der Waals surface area contributed by atoms with Crippen molar-refractivity contribution in [3.63, 3.8) is 0 Å². The topological polar surface area (TPSA) is 62.3 Å². The van der Waals surface area contributed by atoms with Crippen LogP contribution < -0.4 is 5.32 Å². The van der Waals surface area contributed by atoms with Crippen LogP contribution in [0.2, 0.25) is 0 Å². The summed E-state index contributed by atoms with van der Waals surface area (Å²) in [7, 11) is 0. The van der Waals surface area contributed by atoms with Gasteiger partial charge in [0.1, 0.15) is 15.9 Å². The molecule has 1 N–H and O–H groups in total. The van der Waals surface area contributed by atoms with Gasteiger partial charge in [-0.2, -0.15) is 0 Å². The SMILES string of the molecule is CCCC(NC(=O)c1sc(-c2cccs2)nc1C)C(=O)N1CCc2sccc2C1. The summed E-state index contributed by atoms with van der Waals surface area (Å²) in [6.45, 7) is 5.23. The molecule has 3 aromatic rings. The molecule has 0 aliphatic carbocycles. The molecular formula is C21H23N3O2S3. The molecule has 0 fully saturated rings. The zero-order valence-corrected chi connectivity index (χ0v) is 18.9. The fraction of sp³-hybridized carbons (Fsp3) is 0.381. The van der Waals surface area contributed by atoms with Gasteiger partial charge in [-0.05, 0) is 48.2 Å². The summed E-state index contributed by atoms with van der Waals surface area (Å²) < 4.78 is 0. The second-order valence-corrected chi connectivity index (χ2v) is 10.1. The molecule has 1 aliphatic heterocycles. The van der Waals surface area contributed by atoms with Crippen molar-refractivity contribution in [2.24, 2.45) is 0 Å². The Kier molecular flexibility index (Phi) is 6.12. The smallest absolute Gasteiger partial charge is 0.263 e. The molecule has 0 radical (unpaired) electrons. The molecule has 0 saturated heterocycles. The highest BCUT2D eigenvalue weighted by atomic mass is 32.1. The number of carbonyl (C=O) groups excluding carboxylic acids is 2. The average Bonchev–Trinajstić information content (AvgIpc) is 3.46. The molecule has 1 aliphatic rings.